The molecule has 0 saturated carbocycles. The molecule has 1 atom stereocenters. The Balaban J connectivity index is 4.39. The van der Waals surface area contributed by atoms with E-state index in [0.29, 0.717) is 12.8 Å². The summed E-state index contributed by atoms with van der Waals surface area (Å²) in [5, 5.41) is 8.94. The van der Waals surface area contributed by atoms with Crippen molar-refractivity contribution in [3.63, 3.8) is 0 Å². The lowest BCUT2D eigenvalue weighted by atomic mass is 10.0. The van der Waals surface area contributed by atoms with Crippen LogP contribution in [0.3, 0.4) is 0 Å². The van der Waals surface area contributed by atoms with E-state index in [4.69, 9.17) is 10.8 Å². The number of nitrogens with two attached hydrogens (primary N) is 1. The fraction of sp³-hybridized carbons (Fsp3) is 0.727. The molecule has 0 fully saturated rings. The van der Waals surface area contributed by atoms with Crippen LogP contribution in [0.2, 0.25) is 0 Å². The number of aliphatic carboxylic acids is 1. The van der Waals surface area contributed by atoms with Crippen molar-refractivity contribution in [1.29, 1.82) is 0 Å². The number of carboxylic acids is 1. The zero-order valence-electron chi connectivity index (χ0n) is 9.90. The number of nitrogens with zero attached hydrogens (tertiary/aromatic N) is 1. The molecule has 0 aliphatic rings. The molecule has 0 heterocycles. The maximum atomic E-state index is 10.9. The predicted octanol–water partition coefficient (Wildman–Crippen LogP) is 1.21. The SMILES string of the molecule is CCCCC(CN=C(CC)C(N)=O)C(=O)O. The van der Waals surface area contributed by atoms with E-state index in [1.165, 1.54) is 0 Å². The molecule has 5 heteroatoms. The van der Waals surface area contributed by atoms with E-state index >= 15 is 0 Å². The van der Waals surface area contributed by atoms with Crippen molar-refractivity contribution in [1.82, 2.24) is 0 Å². The molecule has 0 spiro atoms. The minimum absolute atomic E-state index is 0.140. The number of carboxylic acid groups (broad SMARTS) is 1. The van der Waals surface area contributed by atoms with Crippen LogP contribution < -0.4 is 5.73 Å². The second-order valence-electron chi connectivity index (χ2n) is 3.68. The molecular weight excluding hydrogens is 208 g/mol. The van der Waals surface area contributed by atoms with Gasteiger partial charge in [0, 0.05) is 0 Å². The second-order valence-corrected chi connectivity index (χ2v) is 3.68. The highest BCUT2D eigenvalue weighted by atomic mass is 16.4. The monoisotopic (exact) mass is 228 g/mol. The van der Waals surface area contributed by atoms with Crippen LogP contribution in [0.25, 0.3) is 0 Å². The van der Waals surface area contributed by atoms with E-state index in [0.717, 1.165) is 12.8 Å². The maximum absolute atomic E-state index is 10.9. The molecule has 0 rings (SSSR count). The number of rotatable bonds is 8. The molecule has 0 bridgehead atoms. The summed E-state index contributed by atoms with van der Waals surface area (Å²) in [4.78, 5) is 25.7. The lowest BCUT2D eigenvalue weighted by Crippen LogP contribution is -2.25. The van der Waals surface area contributed by atoms with Gasteiger partial charge < -0.3 is 10.8 Å². The first-order valence-corrected chi connectivity index (χ1v) is 5.58. The van der Waals surface area contributed by atoms with E-state index in [-0.39, 0.29) is 12.3 Å². The molecule has 0 aliphatic carbocycles. The first-order valence-electron chi connectivity index (χ1n) is 5.58. The number of primary amides is 1. The third kappa shape index (κ3) is 5.48. The Morgan fingerprint density at radius 1 is 1.38 bits per heavy atom. The predicted molar refractivity (Wildman–Crippen MR) is 62.4 cm³/mol. The number of carbonyl (C=O) groups excluding carboxylic acids is 1. The van der Waals surface area contributed by atoms with E-state index in [1.807, 2.05) is 6.92 Å². The van der Waals surface area contributed by atoms with Gasteiger partial charge in [-0.3, -0.25) is 14.6 Å². The van der Waals surface area contributed by atoms with Crippen molar-refractivity contribution in [3.8, 4) is 0 Å². The minimum Gasteiger partial charge on any atom is -0.481 e. The van der Waals surface area contributed by atoms with Gasteiger partial charge in [-0.1, -0.05) is 26.7 Å². The van der Waals surface area contributed by atoms with Gasteiger partial charge in [0.25, 0.3) is 5.91 Å². The summed E-state index contributed by atoms with van der Waals surface area (Å²) in [6.07, 6.45) is 2.83. The van der Waals surface area contributed by atoms with Crippen molar-refractivity contribution in [3.05, 3.63) is 0 Å². The van der Waals surface area contributed by atoms with Gasteiger partial charge in [-0.2, -0.15) is 0 Å². The van der Waals surface area contributed by atoms with Crippen molar-refractivity contribution in [2.75, 3.05) is 6.54 Å². The summed E-state index contributed by atoms with van der Waals surface area (Å²) in [7, 11) is 0. The zero-order valence-corrected chi connectivity index (χ0v) is 9.90. The minimum atomic E-state index is -0.864. The molecule has 0 aliphatic heterocycles. The first kappa shape index (κ1) is 14.6. The van der Waals surface area contributed by atoms with Gasteiger partial charge in [-0.05, 0) is 12.8 Å². The third-order valence-electron chi connectivity index (χ3n) is 2.38. The van der Waals surface area contributed by atoms with Crippen LogP contribution in [0.15, 0.2) is 4.99 Å². The van der Waals surface area contributed by atoms with Gasteiger partial charge in [0.1, 0.15) is 0 Å². The Labute approximate surface area is 95.7 Å². The van der Waals surface area contributed by atoms with E-state index < -0.39 is 17.8 Å². The van der Waals surface area contributed by atoms with Gasteiger partial charge in [-0.15, -0.1) is 0 Å². The molecule has 0 aromatic heterocycles. The number of carbonyl (C=O) groups is 2. The summed E-state index contributed by atoms with van der Waals surface area (Å²) in [6, 6.07) is 0. The Morgan fingerprint density at radius 2 is 2.00 bits per heavy atom. The highest BCUT2D eigenvalue weighted by molar-refractivity contribution is 6.38. The summed E-state index contributed by atoms with van der Waals surface area (Å²) in [5.41, 5.74) is 5.36. The fourth-order valence-corrected chi connectivity index (χ4v) is 1.33. The van der Waals surface area contributed by atoms with Gasteiger partial charge in [0.2, 0.25) is 0 Å². The van der Waals surface area contributed by atoms with Crippen molar-refractivity contribution < 1.29 is 14.7 Å². The van der Waals surface area contributed by atoms with Crippen LogP contribution in [-0.2, 0) is 9.59 Å². The highest BCUT2D eigenvalue weighted by Gasteiger charge is 2.16. The van der Waals surface area contributed by atoms with Crippen molar-refractivity contribution >= 4 is 17.6 Å². The largest absolute Gasteiger partial charge is 0.481 e. The average Bonchev–Trinajstić information content (AvgIpc) is 2.22. The molecule has 1 unspecified atom stereocenters. The lowest BCUT2D eigenvalue weighted by Gasteiger charge is -2.09. The third-order valence-corrected chi connectivity index (χ3v) is 2.38. The first-order chi connectivity index (χ1) is 7.52. The molecule has 1 amide bonds. The molecular formula is C11H20N2O3. The normalized spacial score (nSPS) is 13.5. The topological polar surface area (TPSA) is 92.8 Å². The number of aliphatic imine (C=N–C) groups is 1. The van der Waals surface area contributed by atoms with E-state index in [2.05, 4.69) is 4.99 Å². The zero-order chi connectivity index (χ0) is 12.6. The average molecular weight is 228 g/mol. The van der Waals surface area contributed by atoms with E-state index in [9.17, 15) is 9.59 Å². The Kier molecular flexibility index (Phi) is 7.16. The van der Waals surface area contributed by atoms with Crippen LogP contribution >= 0.6 is 0 Å². The second kappa shape index (κ2) is 7.84. The highest BCUT2D eigenvalue weighted by Crippen LogP contribution is 2.09. The lowest BCUT2D eigenvalue weighted by molar-refractivity contribution is -0.141. The molecule has 0 radical (unpaired) electrons. The summed E-state index contributed by atoms with van der Waals surface area (Å²) in [6.45, 7) is 3.91. The van der Waals surface area contributed by atoms with Crippen LogP contribution in [0, 0.1) is 5.92 Å². The molecule has 0 aromatic rings. The van der Waals surface area contributed by atoms with E-state index in [1.54, 1.807) is 6.92 Å². The Hall–Kier alpha value is -1.39. The molecule has 0 aromatic carbocycles. The Morgan fingerprint density at radius 3 is 2.38 bits per heavy atom. The van der Waals surface area contributed by atoms with Crippen molar-refractivity contribution in [2.45, 2.75) is 39.5 Å². The molecule has 5 nitrogen and oxygen atoms in total. The summed E-state index contributed by atoms with van der Waals surface area (Å²) >= 11 is 0. The van der Waals surface area contributed by atoms with Crippen LogP contribution in [0.1, 0.15) is 39.5 Å². The number of hydrogen-bond donors (Lipinski definition) is 2. The maximum Gasteiger partial charge on any atom is 0.308 e. The van der Waals surface area contributed by atoms with Gasteiger partial charge in [0.05, 0.1) is 18.2 Å². The van der Waals surface area contributed by atoms with Crippen LogP contribution in [0.4, 0.5) is 0 Å². The molecule has 16 heavy (non-hydrogen) atoms. The smallest absolute Gasteiger partial charge is 0.308 e. The quantitative estimate of drug-likeness (QED) is 0.611. The molecule has 3 N–H and O–H groups in total. The van der Waals surface area contributed by atoms with Crippen molar-refractivity contribution in [2.24, 2.45) is 16.6 Å². The standard InChI is InChI=1S/C11H20N2O3/c1-3-5-6-8(11(15)16)7-13-9(4-2)10(12)14/h8H,3-7H2,1-2H3,(H2,12,14)(H,15,16). The number of hydrogen-bond acceptors (Lipinski definition) is 3. The summed E-state index contributed by atoms with van der Waals surface area (Å²) in [5.74, 6) is -1.94. The van der Waals surface area contributed by atoms with Crippen LogP contribution in [0.5, 0.6) is 0 Å². The van der Waals surface area contributed by atoms with Gasteiger partial charge in [0.15, 0.2) is 0 Å². The van der Waals surface area contributed by atoms with Crippen LogP contribution in [-0.4, -0.2) is 29.2 Å². The number of amides is 1. The van der Waals surface area contributed by atoms with Gasteiger partial charge >= 0.3 is 5.97 Å². The Bertz CT molecular complexity index is 274. The molecule has 92 valence electrons. The fourth-order valence-electron chi connectivity index (χ4n) is 1.33. The number of unbranched alkanes of at least 4 members (excludes halogenated alkanes) is 1. The van der Waals surface area contributed by atoms with Gasteiger partial charge in [-0.25, -0.2) is 0 Å². The molecule has 0 saturated heterocycles. The summed E-state index contributed by atoms with van der Waals surface area (Å²) < 4.78 is 0.